The van der Waals surface area contributed by atoms with Crippen LogP contribution in [-0.4, -0.2) is 44.3 Å². The summed E-state index contributed by atoms with van der Waals surface area (Å²) in [5.74, 6) is -0.120. The van der Waals surface area contributed by atoms with Crippen molar-refractivity contribution in [2.24, 2.45) is 0 Å². The second-order valence-corrected chi connectivity index (χ2v) is 5.50. The molecular formula is C16H25FN2O. The van der Waals surface area contributed by atoms with Crippen molar-refractivity contribution in [2.45, 2.75) is 31.9 Å². The number of nitrogens with one attached hydrogen (secondary N) is 1. The van der Waals surface area contributed by atoms with Crippen LogP contribution in [0, 0.1) is 5.82 Å². The summed E-state index contributed by atoms with van der Waals surface area (Å²) in [5, 5.41) is 3.33. The van der Waals surface area contributed by atoms with Gasteiger partial charge in [-0.05, 0) is 45.5 Å². The van der Waals surface area contributed by atoms with Crippen molar-refractivity contribution >= 4 is 0 Å². The van der Waals surface area contributed by atoms with E-state index >= 15 is 0 Å². The molecule has 0 aromatic heterocycles. The molecule has 0 radical (unpaired) electrons. The second kappa shape index (κ2) is 8.35. The third-order valence-corrected chi connectivity index (χ3v) is 3.72. The monoisotopic (exact) mass is 280 g/mol. The van der Waals surface area contributed by atoms with Gasteiger partial charge in [0.15, 0.2) is 0 Å². The molecule has 112 valence electrons. The lowest BCUT2D eigenvalue weighted by Gasteiger charge is -2.23. The molecule has 1 aromatic carbocycles. The van der Waals surface area contributed by atoms with Crippen LogP contribution in [0.2, 0.25) is 0 Å². The number of piperidine rings is 1. The van der Waals surface area contributed by atoms with Crippen LogP contribution in [0.3, 0.4) is 0 Å². The summed E-state index contributed by atoms with van der Waals surface area (Å²) >= 11 is 0. The molecule has 1 N–H and O–H groups in total. The zero-order valence-electron chi connectivity index (χ0n) is 12.3. The smallest absolute Gasteiger partial charge is 0.127 e. The first-order valence-corrected chi connectivity index (χ1v) is 7.50. The fourth-order valence-corrected chi connectivity index (χ4v) is 2.54. The van der Waals surface area contributed by atoms with Gasteiger partial charge in [0, 0.05) is 25.3 Å². The number of ether oxygens (including phenoxy) is 1. The van der Waals surface area contributed by atoms with E-state index in [2.05, 4.69) is 10.2 Å². The molecule has 2 rings (SSSR count). The van der Waals surface area contributed by atoms with E-state index < -0.39 is 0 Å². The van der Waals surface area contributed by atoms with Crippen LogP contribution in [0.15, 0.2) is 24.3 Å². The lowest BCUT2D eigenvalue weighted by molar-refractivity contribution is 0.0284. The Morgan fingerprint density at radius 1 is 1.30 bits per heavy atom. The molecule has 4 heteroatoms. The largest absolute Gasteiger partial charge is 0.378 e. The van der Waals surface area contributed by atoms with Gasteiger partial charge in [0.05, 0.1) is 6.10 Å². The Labute approximate surface area is 121 Å². The molecule has 0 saturated carbocycles. The van der Waals surface area contributed by atoms with Crippen LogP contribution in [0.4, 0.5) is 4.39 Å². The minimum absolute atomic E-state index is 0.120. The Morgan fingerprint density at radius 3 is 2.80 bits per heavy atom. The highest BCUT2D eigenvalue weighted by atomic mass is 19.1. The molecule has 0 amide bonds. The first kappa shape index (κ1) is 15.4. The van der Waals surface area contributed by atoms with Crippen molar-refractivity contribution in [3.8, 4) is 0 Å². The summed E-state index contributed by atoms with van der Waals surface area (Å²) in [6.45, 7) is 4.52. The lowest BCUT2D eigenvalue weighted by atomic mass is 10.1. The predicted octanol–water partition coefficient (Wildman–Crippen LogP) is 2.42. The van der Waals surface area contributed by atoms with Gasteiger partial charge in [-0.1, -0.05) is 18.2 Å². The highest BCUT2D eigenvalue weighted by molar-refractivity contribution is 5.16. The molecule has 20 heavy (non-hydrogen) atoms. The first-order valence-electron chi connectivity index (χ1n) is 7.50. The summed E-state index contributed by atoms with van der Waals surface area (Å²) in [4.78, 5) is 2.14. The van der Waals surface area contributed by atoms with Gasteiger partial charge < -0.3 is 15.0 Å². The van der Waals surface area contributed by atoms with Gasteiger partial charge in [-0.3, -0.25) is 0 Å². The number of hydrogen-bond donors (Lipinski definition) is 1. The van der Waals surface area contributed by atoms with E-state index in [0.29, 0.717) is 12.6 Å². The average Bonchev–Trinajstić information content (AvgIpc) is 2.47. The number of halogens is 1. The van der Waals surface area contributed by atoms with Crippen LogP contribution in [0.5, 0.6) is 0 Å². The lowest BCUT2D eigenvalue weighted by Crippen LogP contribution is -2.33. The van der Waals surface area contributed by atoms with E-state index in [4.69, 9.17) is 4.74 Å². The molecule has 1 aliphatic heterocycles. The van der Waals surface area contributed by atoms with Crippen LogP contribution >= 0.6 is 0 Å². The molecule has 1 heterocycles. The normalized spacial score (nSPS) is 16.8. The van der Waals surface area contributed by atoms with Crippen molar-refractivity contribution in [2.75, 3.05) is 33.3 Å². The van der Waals surface area contributed by atoms with Gasteiger partial charge in [0.25, 0.3) is 0 Å². The summed E-state index contributed by atoms with van der Waals surface area (Å²) in [6, 6.07) is 6.97. The Morgan fingerprint density at radius 2 is 2.05 bits per heavy atom. The van der Waals surface area contributed by atoms with Gasteiger partial charge >= 0.3 is 0 Å². The van der Waals surface area contributed by atoms with E-state index in [-0.39, 0.29) is 5.82 Å². The molecular weight excluding hydrogens is 255 g/mol. The summed E-state index contributed by atoms with van der Waals surface area (Å²) in [6.07, 6.45) is 3.65. The first-order chi connectivity index (χ1) is 9.75. The highest BCUT2D eigenvalue weighted by Gasteiger charge is 2.12. The fraction of sp³-hybridized carbons (Fsp3) is 0.625. The molecule has 3 nitrogen and oxygen atoms in total. The number of benzene rings is 1. The molecule has 1 fully saturated rings. The third-order valence-electron chi connectivity index (χ3n) is 3.72. The quantitative estimate of drug-likeness (QED) is 0.776. The maximum absolute atomic E-state index is 13.5. The van der Waals surface area contributed by atoms with E-state index in [9.17, 15) is 4.39 Å². The topological polar surface area (TPSA) is 24.5 Å². The van der Waals surface area contributed by atoms with Gasteiger partial charge in [0.1, 0.15) is 5.82 Å². The zero-order valence-corrected chi connectivity index (χ0v) is 12.3. The standard InChI is InChI=1S/C16H25FN2O/c1-19(13-14-5-2-3-6-16(14)17)11-4-12-20-15-7-9-18-10-8-15/h2-3,5-6,15,18H,4,7-13H2,1H3. The predicted molar refractivity (Wildman–Crippen MR) is 79.2 cm³/mol. The number of hydrogen-bond acceptors (Lipinski definition) is 3. The highest BCUT2D eigenvalue weighted by Crippen LogP contribution is 2.10. The summed E-state index contributed by atoms with van der Waals surface area (Å²) < 4.78 is 19.4. The molecule has 0 bridgehead atoms. The minimum atomic E-state index is -0.120. The van der Waals surface area contributed by atoms with Crippen LogP contribution in [-0.2, 0) is 11.3 Å². The SMILES string of the molecule is CN(CCCOC1CCNCC1)Cc1ccccc1F. The molecule has 0 aliphatic carbocycles. The molecule has 0 atom stereocenters. The van der Waals surface area contributed by atoms with Crippen LogP contribution in [0.25, 0.3) is 0 Å². The Hall–Kier alpha value is -0.970. The number of nitrogens with zero attached hydrogens (tertiary/aromatic N) is 1. The Balaban J connectivity index is 1.60. The molecule has 1 saturated heterocycles. The Kier molecular flexibility index (Phi) is 6.43. The summed E-state index contributed by atoms with van der Waals surface area (Å²) in [7, 11) is 2.02. The molecule has 0 spiro atoms. The van der Waals surface area contributed by atoms with Crippen molar-refractivity contribution < 1.29 is 9.13 Å². The summed E-state index contributed by atoms with van der Waals surface area (Å²) in [5.41, 5.74) is 0.759. The van der Waals surface area contributed by atoms with E-state index in [1.807, 2.05) is 19.2 Å². The maximum Gasteiger partial charge on any atom is 0.127 e. The second-order valence-electron chi connectivity index (χ2n) is 5.50. The van der Waals surface area contributed by atoms with E-state index in [0.717, 1.165) is 51.1 Å². The van der Waals surface area contributed by atoms with Gasteiger partial charge in [-0.2, -0.15) is 0 Å². The van der Waals surface area contributed by atoms with Crippen molar-refractivity contribution in [3.05, 3.63) is 35.6 Å². The van der Waals surface area contributed by atoms with E-state index in [1.54, 1.807) is 6.07 Å². The molecule has 1 aliphatic rings. The van der Waals surface area contributed by atoms with Gasteiger partial charge in [0.2, 0.25) is 0 Å². The zero-order chi connectivity index (χ0) is 14.2. The van der Waals surface area contributed by atoms with Crippen LogP contribution in [0.1, 0.15) is 24.8 Å². The van der Waals surface area contributed by atoms with Crippen LogP contribution < -0.4 is 5.32 Å². The third kappa shape index (κ3) is 5.19. The van der Waals surface area contributed by atoms with Crippen molar-refractivity contribution in [1.82, 2.24) is 10.2 Å². The van der Waals surface area contributed by atoms with E-state index in [1.165, 1.54) is 6.07 Å². The Bertz CT molecular complexity index is 394. The maximum atomic E-state index is 13.5. The molecule has 1 aromatic rings. The minimum Gasteiger partial charge on any atom is -0.378 e. The average molecular weight is 280 g/mol. The number of rotatable bonds is 7. The van der Waals surface area contributed by atoms with Crippen molar-refractivity contribution in [3.63, 3.8) is 0 Å². The van der Waals surface area contributed by atoms with Gasteiger partial charge in [-0.25, -0.2) is 4.39 Å². The molecule has 0 unspecified atom stereocenters. The van der Waals surface area contributed by atoms with Crippen molar-refractivity contribution in [1.29, 1.82) is 0 Å². The fourth-order valence-electron chi connectivity index (χ4n) is 2.54. The van der Waals surface area contributed by atoms with Gasteiger partial charge in [-0.15, -0.1) is 0 Å².